The molecule has 0 spiro atoms. The van der Waals surface area contributed by atoms with Gasteiger partial charge in [-0.05, 0) is 31.0 Å². The zero-order valence-electron chi connectivity index (χ0n) is 16.6. The van der Waals surface area contributed by atoms with Crippen molar-refractivity contribution in [2.75, 3.05) is 53.0 Å². The number of ether oxygens (including phenoxy) is 2. The molecule has 2 fully saturated rings. The molecule has 2 aliphatic rings. The van der Waals surface area contributed by atoms with Gasteiger partial charge in [0.2, 0.25) is 15.9 Å². The van der Waals surface area contributed by atoms with Gasteiger partial charge in [-0.25, -0.2) is 8.42 Å². The van der Waals surface area contributed by atoms with Crippen molar-refractivity contribution in [1.29, 1.82) is 0 Å². The molecular formula is C19H27N3O6S. The van der Waals surface area contributed by atoms with E-state index in [1.165, 1.54) is 29.6 Å². The first-order valence-electron chi connectivity index (χ1n) is 9.75. The first-order valence-corrected chi connectivity index (χ1v) is 11.2. The van der Waals surface area contributed by atoms with Crippen LogP contribution in [0.15, 0.2) is 23.1 Å². The van der Waals surface area contributed by atoms with Crippen LogP contribution < -0.4 is 10.1 Å². The van der Waals surface area contributed by atoms with Crippen LogP contribution in [0.25, 0.3) is 0 Å². The second kappa shape index (κ2) is 9.55. The highest BCUT2D eigenvalue weighted by atomic mass is 32.2. The Hall–Kier alpha value is -2.17. The summed E-state index contributed by atoms with van der Waals surface area (Å²) < 4.78 is 37.8. The Labute approximate surface area is 171 Å². The van der Waals surface area contributed by atoms with E-state index in [0.29, 0.717) is 39.1 Å². The lowest BCUT2D eigenvalue weighted by Gasteiger charge is -2.26. The number of benzene rings is 1. The van der Waals surface area contributed by atoms with E-state index in [4.69, 9.17) is 9.47 Å². The van der Waals surface area contributed by atoms with E-state index in [1.807, 2.05) is 0 Å². The third kappa shape index (κ3) is 5.06. The molecule has 0 saturated carbocycles. The Bertz CT molecular complexity index is 852. The highest BCUT2D eigenvalue weighted by Gasteiger charge is 2.30. The summed E-state index contributed by atoms with van der Waals surface area (Å²) in [5.74, 6) is -0.0103. The average molecular weight is 426 g/mol. The van der Waals surface area contributed by atoms with Gasteiger partial charge >= 0.3 is 0 Å². The minimum atomic E-state index is -3.80. The molecule has 1 aromatic carbocycles. The number of morpholine rings is 1. The zero-order valence-corrected chi connectivity index (χ0v) is 17.4. The van der Waals surface area contributed by atoms with Crippen LogP contribution in [-0.2, 0) is 19.6 Å². The lowest BCUT2D eigenvalue weighted by molar-refractivity contribution is -0.127. The van der Waals surface area contributed by atoms with Crippen molar-refractivity contribution in [3.63, 3.8) is 0 Å². The lowest BCUT2D eigenvalue weighted by atomic mass is 10.2. The lowest BCUT2D eigenvalue weighted by Crippen LogP contribution is -2.40. The summed E-state index contributed by atoms with van der Waals surface area (Å²) in [5.41, 5.74) is 0.245. The highest BCUT2D eigenvalue weighted by Crippen LogP contribution is 2.28. The molecule has 2 aliphatic heterocycles. The third-order valence-electron chi connectivity index (χ3n) is 5.08. The van der Waals surface area contributed by atoms with E-state index in [2.05, 4.69) is 5.32 Å². The number of carbonyl (C=O) groups excluding carboxylic acids is 2. The Morgan fingerprint density at radius 1 is 1.24 bits per heavy atom. The number of amides is 2. The maximum absolute atomic E-state index is 13.0. The molecule has 9 nitrogen and oxygen atoms in total. The molecule has 2 amide bonds. The molecule has 0 bridgehead atoms. The zero-order chi connectivity index (χ0) is 20.9. The summed E-state index contributed by atoms with van der Waals surface area (Å²) >= 11 is 0. The van der Waals surface area contributed by atoms with Gasteiger partial charge in [0.25, 0.3) is 5.91 Å². The van der Waals surface area contributed by atoms with Gasteiger partial charge in [-0.2, -0.15) is 4.31 Å². The average Bonchev–Trinajstić information content (AvgIpc) is 3.15. The molecule has 2 heterocycles. The van der Waals surface area contributed by atoms with E-state index >= 15 is 0 Å². The third-order valence-corrected chi connectivity index (χ3v) is 7.00. The fraction of sp³-hybridized carbons (Fsp3) is 0.579. The van der Waals surface area contributed by atoms with Crippen LogP contribution in [0, 0.1) is 0 Å². The summed E-state index contributed by atoms with van der Waals surface area (Å²) in [5, 5.41) is 2.79. The van der Waals surface area contributed by atoms with E-state index in [1.54, 1.807) is 4.90 Å². The monoisotopic (exact) mass is 425 g/mol. The number of methoxy groups -OCH3 is 1. The molecule has 0 radical (unpaired) electrons. The van der Waals surface area contributed by atoms with Crippen LogP contribution in [0.4, 0.5) is 0 Å². The standard InChI is InChI=1S/C19H27N3O6S/c1-27-16-6-5-15(14-17(16)29(25,26)22-10-12-28-13-11-22)19(24)20-7-3-9-21-8-2-4-18(21)23/h5-6,14H,2-4,7-13H2,1H3,(H,20,24). The van der Waals surface area contributed by atoms with Crippen molar-refractivity contribution in [1.82, 2.24) is 14.5 Å². The molecule has 1 aromatic rings. The minimum absolute atomic E-state index is 0.0304. The first-order chi connectivity index (χ1) is 13.9. The molecule has 1 N–H and O–H groups in total. The van der Waals surface area contributed by atoms with E-state index in [-0.39, 0.29) is 41.1 Å². The second-order valence-electron chi connectivity index (χ2n) is 6.98. The summed E-state index contributed by atoms with van der Waals surface area (Å²) in [4.78, 5) is 25.9. The Balaban J connectivity index is 1.65. The van der Waals surface area contributed by atoms with Gasteiger partial charge < -0.3 is 19.7 Å². The SMILES string of the molecule is COc1ccc(C(=O)NCCCN2CCCC2=O)cc1S(=O)(=O)N1CCOCC1. The van der Waals surface area contributed by atoms with Crippen LogP contribution in [0.2, 0.25) is 0 Å². The Kier molecular flexibility index (Phi) is 7.09. The number of sulfonamides is 1. The van der Waals surface area contributed by atoms with E-state index in [0.717, 1.165) is 13.0 Å². The smallest absolute Gasteiger partial charge is 0.251 e. The highest BCUT2D eigenvalue weighted by molar-refractivity contribution is 7.89. The Morgan fingerprint density at radius 2 is 2.00 bits per heavy atom. The summed E-state index contributed by atoms with van der Waals surface area (Å²) in [6, 6.07) is 4.38. The predicted octanol–water partition coefficient (Wildman–Crippen LogP) is 0.458. The molecule has 29 heavy (non-hydrogen) atoms. The van der Waals surface area contributed by atoms with Crippen molar-refractivity contribution in [3.05, 3.63) is 23.8 Å². The molecule has 0 aliphatic carbocycles. The van der Waals surface area contributed by atoms with Gasteiger partial charge in [0, 0.05) is 44.7 Å². The number of hydrogen-bond acceptors (Lipinski definition) is 6. The van der Waals surface area contributed by atoms with Crippen LogP contribution >= 0.6 is 0 Å². The largest absolute Gasteiger partial charge is 0.495 e. The van der Waals surface area contributed by atoms with Gasteiger partial charge in [-0.1, -0.05) is 0 Å². The molecular weight excluding hydrogens is 398 g/mol. The fourth-order valence-electron chi connectivity index (χ4n) is 3.46. The number of carbonyl (C=O) groups is 2. The van der Waals surface area contributed by atoms with Crippen LogP contribution in [0.3, 0.4) is 0 Å². The molecule has 160 valence electrons. The van der Waals surface area contributed by atoms with E-state index in [9.17, 15) is 18.0 Å². The van der Waals surface area contributed by atoms with Gasteiger partial charge in [-0.15, -0.1) is 0 Å². The molecule has 0 aromatic heterocycles. The topological polar surface area (TPSA) is 105 Å². The first kappa shape index (κ1) is 21.5. The molecule has 2 saturated heterocycles. The van der Waals surface area contributed by atoms with Gasteiger partial charge in [0.1, 0.15) is 10.6 Å². The van der Waals surface area contributed by atoms with Gasteiger partial charge in [-0.3, -0.25) is 9.59 Å². The van der Waals surface area contributed by atoms with Crippen molar-refractivity contribution >= 4 is 21.8 Å². The summed E-state index contributed by atoms with van der Waals surface area (Å²) in [6.45, 7) is 2.98. The summed E-state index contributed by atoms with van der Waals surface area (Å²) in [7, 11) is -2.40. The van der Waals surface area contributed by atoms with Crippen LogP contribution in [-0.4, -0.2) is 82.5 Å². The molecule has 0 unspecified atom stereocenters. The van der Waals surface area contributed by atoms with Crippen LogP contribution in [0.1, 0.15) is 29.6 Å². The molecule has 10 heteroatoms. The Morgan fingerprint density at radius 3 is 2.66 bits per heavy atom. The minimum Gasteiger partial charge on any atom is -0.495 e. The maximum atomic E-state index is 13.0. The summed E-state index contributed by atoms with van der Waals surface area (Å²) in [6.07, 6.45) is 2.13. The fourth-order valence-corrected chi connectivity index (χ4v) is 5.05. The van der Waals surface area contributed by atoms with Crippen molar-refractivity contribution in [2.45, 2.75) is 24.2 Å². The number of rotatable bonds is 8. The predicted molar refractivity (Wildman–Crippen MR) is 105 cm³/mol. The number of likely N-dealkylation sites (tertiary alicyclic amines) is 1. The van der Waals surface area contributed by atoms with Crippen LogP contribution in [0.5, 0.6) is 5.75 Å². The van der Waals surface area contributed by atoms with Crippen molar-refractivity contribution in [3.8, 4) is 5.75 Å². The van der Waals surface area contributed by atoms with Gasteiger partial charge in [0.15, 0.2) is 0 Å². The van der Waals surface area contributed by atoms with Crippen molar-refractivity contribution in [2.24, 2.45) is 0 Å². The quantitative estimate of drug-likeness (QED) is 0.607. The second-order valence-corrected chi connectivity index (χ2v) is 8.88. The number of nitrogens with zero attached hydrogens (tertiary/aromatic N) is 2. The van der Waals surface area contributed by atoms with E-state index < -0.39 is 10.0 Å². The molecule has 3 rings (SSSR count). The maximum Gasteiger partial charge on any atom is 0.251 e. The van der Waals surface area contributed by atoms with Crippen molar-refractivity contribution < 1.29 is 27.5 Å². The molecule has 0 atom stereocenters. The van der Waals surface area contributed by atoms with Gasteiger partial charge in [0.05, 0.1) is 20.3 Å². The number of nitrogens with one attached hydrogen (secondary N) is 1. The number of hydrogen-bond donors (Lipinski definition) is 1. The normalized spacial score (nSPS) is 18.1.